The number of hydrogen-bond donors (Lipinski definition) is 3. The third-order valence-corrected chi connectivity index (χ3v) is 4.21. The lowest BCUT2D eigenvalue weighted by Crippen LogP contribution is -2.04. The summed E-state index contributed by atoms with van der Waals surface area (Å²) >= 11 is 0. The van der Waals surface area contributed by atoms with Gasteiger partial charge in [-0.25, -0.2) is 0 Å². The van der Waals surface area contributed by atoms with Crippen molar-refractivity contribution in [2.45, 2.75) is 9.79 Å². The number of nitrogens with two attached hydrogens (primary N) is 1. The van der Waals surface area contributed by atoms with E-state index in [4.69, 9.17) is 14.8 Å². The van der Waals surface area contributed by atoms with Gasteiger partial charge >= 0.3 is 0 Å². The fourth-order valence-electron chi connectivity index (χ4n) is 1.71. The van der Waals surface area contributed by atoms with E-state index in [1.807, 2.05) is 0 Å². The molecule has 0 aliphatic rings. The van der Waals surface area contributed by atoms with E-state index in [1.165, 1.54) is 12.1 Å². The zero-order valence-electron chi connectivity index (χ0n) is 9.23. The fourth-order valence-corrected chi connectivity index (χ4v) is 3.10. The van der Waals surface area contributed by atoms with E-state index in [2.05, 4.69) is 6.07 Å². The number of benzene rings is 2. The van der Waals surface area contributed by atoms with Gasteiger partial charge in [-0.1, -0.05) is 0 Å². The first-order valence-electron chi connectivity index (χ1n) is 4.79. The lowest BCUT2D eigenvalue weighted by molar-refractivity contribution is 0.481. The van der Waals surface area contributed by atoms with Crippen LogP contribution < -0.4 is 5.73 Å². The van der Waals surface area contributed by atoms with E-state index in [-0.39, 0.29) is 16.5 Å². The van der Waals surface area contributed by atoms with Crippen LogP contribution in [-0.2, 0) is 20.2 Å². The quantitative estimate of drug-likeness (QED) is 0.549. The molecule has 4 N–H and O–H groups in total. The summed E-state index contributed by atoms with van der Waals surface area (Å²) in [6.45, 7) is 0. The van der Waals surface area contributed by atoms with E-state index < -0.39 is 30.0 Å². The summed E-state index contributed by atoms with van der Waals surface area (Å²) in [6, 6.07) is 6.70. The molecule has 101 valence electrons. The van der Waals surface area contributed by atoms with Crippen molar-refractivity contribution in [1.82, 2.24) is 0 Å². The first kappa shape index (κ1) is 13.7. The van der Waals surface area contributed by atoms with Gasteiger partial charge in [0, 0.05) is 16.5 Å². The molecule has 0 aliphatic carbocycles. The molecule has 19 heavy (non-hydrogen) atoms. The molecule has 0 unspecified atom stereocenters. The maximum absolute atomic E-state index is 11.2. The predicted molar refractivity (Wildman–Crippen MR) is 66.8 cm³/mol. The Balaban J connectivity index is 3.07. The molecule has 0 heterocycles. The summed E-state index contributed by atoms with van der Waals surface area (Å²) in [7, 11) is -9.16. The van der Waals surface area contributed by atoms with Crippen molar-refractivity contribution in [3.63, 3.8) is 0 Å². The van der Waals surface area contributed by atoms with Gasteiger partial charge in [0.05, 0.1) is 0 Å². The number of rotatable bonds is 2. The molecule has 2 rings (SSSR count). The second-order valence-electron chi connectivity index (χ2n) is 3.75. The molecule has 7 nitrogen and oxygen atoms in total. The lowest BCUT2D eigenvalue weighted by Gasteiger charge is -2.08. The highest BCUT2D eigenvalue weighted by Gasteiger charge is 2.20. The molecule has 0 saturated heterocycles. The van der Waals surface area contributed by atoms with Crippen LogP contribution in [0.3, 0.4) is 0 Å². The Morgan fingerprint density at radius 1 is 0.895 bits per heavy atom. The third kappa shape index (κ3) is 2.54. The fraction of sp³-hybridized carbons (Fsp3) is 0. The summed E-state index contributed by atoms with van der Waals surface area (Å²) in [4.78, 5) is -1.09. The molecule has 0 aliphatic heterocycles. The first-order chi connectivity index (χ1) is 8.60. The van der Waals surface area contributed by atoms with Crippen LogP contribution in [-0.4, -0.2) is 25.9 Å². The Morgan fingerprint density at radius 3 is 2.00 bits per heavy atom. The summed E-state index contributed by atoms with van der Waals surface area (Å²) in [5.41, 5.74) is 5.40. The van der Waals surface area contributed by atoms with Gasteiger partial charge in [-0.3, -0.25) is 9.11 Å². The second kappa shape index (κ2) is 4.17. The third-order valence-electron chi connectivity index (χ3n) is 2.43. The van der Waals surface area contributed by atoms with Crippen LogP contribution in [0.15, 0.2) is 34.1 Å². The minimum absolute atomic E-state index is 0.0729. The van der Waals surface area contributed by atoms with Crippen LogP contribution in [0.1, 0.15) is 0 Å². The standard InChI is InChI=1S/C10H8NO6S2/c11-6-4-8-7(10(5-6)19(15,16)17)2-1-3-9(8)18(12,13)14/h2-5H,11H2,(H,12,13,14)(H,15,16,17). The van der Waals surface area contributed by atoms with Gasteiger partial charge < -0.3 is 5.73 Å². The predicted octanol–water partition coefficient (Wildman–Crippen LogP) is 0.716. The zero-order chi connectivity index (χ0) is 14.4. The van der Waals surface area contributed by atoms with Crippen molar-refractivity contribution >= 4 is 36.7 Å². The molecule has 2 aromatic rings. The molecule has 1 radical (unpaired) electrons. The number of hydrogen-bond acceptors (Lipinski definition) is 5. The van der Waals surface area contributed by atoms with E-state index in [0.29, 0.717) is 0 Å². The van der Waals surface area contributed by atoms with Crippen molar-refractivity contribution in [2.75, 3.05) is 5.73 Å². The van der Waals surface area contributed by atoms with E-state index >= 15 is 0 Å². The van der Waals surface area contributed by atoms with Crippen LogP contribution >= 0.6 is 0 Å². The Hall–Kier alpha value is -1.68. The van der Waals surface area contributed by atoms with Crippen molar-refractivity contribution in [2.24, 2.45) is 0 Å². The van der Waals surface area contributed by atoms with Gasteiger partial charge in [-0.2, -0.15) is 16.8 Å². The van der Waals surface area contributed by atoms with Crippen LogP contribution in [0.4, 0.5) is 5.69 Å². The number of anilines is 1. The molecule has 0 saturated carbocycles. The van der Waals surface area contributed by atoms with Gasteiger partial charge in [0.25, 0.3) is 20.2 Å². The molecule has 0 spiro atoms. The van der Waals surface area contributed by atoms with Gasteiger partial charge in [-0.05, 0) is 30.3 Å². The molecule has 9 heteroatoms. The van der Waals surface area contributed by atoms with Crippen LogP contribution in [0.25, 0.3) is 10.8 Å². The zero-order valence-corrected chi connectivity index (χ0v) is 10.9. The first-order valence-corrected chi connectivity index (χ1v) is 7.67. The SMILES string of the molecule is Nc1cc(S(=O)(=O)O)c2c[c]cc(S(=O)(=O)O)c2c1. The highest BCUT2D eigenvalue weighted by Crippen LogP contribution is 2.30. The lowest BCUT2D eigenvalue weighted by atomic mass is 10.1. The Bertz CT molecular complexity index is 870. The van der Waals surface area contributed by atoms with E-state index in [1.54, 1.807) is 0 Å². The largest absolute Gasteiger partial charge is 0.399 e. The second-order valence-corrected chi connectivity index (χ2v) is 6.53. The van der Waals surface area contributed by atoms with Gasteiger partial charge in [0.2, 0.25) is 0 Å². The summed E-state index contributed by atoms with van der Waals surface area (Å²) < 4.78 is 63.0. The van der Waals surface area contributed by atoms with Crippen LogP contribution in [0.5, 0.6) is 0 Å². The summed E-state index contributed by atoms with van der Waals surface area (Å²) in [5.74, 6) is 0. The van der Waals surface area contributed by atoms with Crippen LogP contribution in [0.2, 0.25) is 0 Å². The topological polar surface area (TPSA) is 135 Å². The Kier molecular flexibility index (Phi) is 3.01. The average molecular weight is 302 g/mol. The molecule has 2 aromatic carbocycles. The molecular formula is C10H8NO6S2. The number of nitrogen functional groups attached to an aromatic ring is 1. The Morgan fingerprint density at radius 2 is 1.47 bits per heavy atom. The number of fused-ring (bicyclic) bond motifs is 1. The average Bonchev–Trinajstić information content (AvgIpc) is 2.24. The highest BCUT2D eigenvalue weighted by molar-refractivity contribution is 7.86. The molecule has 0 bridgehead atoms. The minimum Gasteiger partial charge on any atom is -0.399 e. The van der Waals surface area contributed by atoms with Crippen molar-refractivity contribution < 1.29 is 25.9 Å². The van der Waals surface area contributed by atoms with Gasteiger partial charge in [0.1, 0.15) is 9.79 Å². The van der Waals surface area contributed by atoms with E-state index in [0.717, 1.165) is 12.1 Å². The smallest absolute Gasteiger partial charge is 0.295 e. The molecule has 0 amide bonds. The maximum Gasteiger partial charge on any atom is 0.295 e. The molecule has 0 fully saturated rings. The van der Waals surface area contributed by atoms with Crippen molar-refractivity contribution in [3.05, 3.63) is 30.3 Å². The monoisotopic (exact) mass is 302 g/mol. The molecule has 0 aromatic heterocycles. The molecular weight excluding hydrogens is 294 g/mol. The van der Waals surface area contributed by atoms with Gasteiger partial charge in [0.15, 0.2) is 0 Å². The summed E-state index contributed by atoms with van der Waals surface area (Å²) in [6.07, 6.45) is 0. The minimum atomic E-state index is -4.59. The van der Waals surface area contributed by atoms with Gasteiger partial charge in [-0.15, -0.1) is 0 Å². The summed E-state index contributed by atoms with van der Waals surface area (Å²) in [5, 5.41) is -0.222. The van der Waals surface area contributed by atoms with Crippen molar-refractivity contribution in [3.8, 4) is 0 Å². The normalized spacial score (nSPS) is 12.7. The van der Waals surface area contributed by atoms with Crippen molar-refractivity contribution in [1.29, 1.82) is 0 Å². The molecule has 0 atom stereocenters. The highest BCUT2D eigenvalue weighted by atomic mass is 32.2. The van der Waals surface area contributed by atoms with E-state index in [9.17, 15) is 16.8 Å². The Labute approximate surface area is 109 Å². The maximum atomic E-state index is 11.2. The van der Waals surface area contributed by atoms with Crippen LogP contribution in [0, 0.1) is 6.07 Å².